The fourth-order valence-electron chi connectivity index (χ4n) is 3.10. The quantitative estimate of drug-likeness (QED) is 0.278. The number of benzene rings is 3. The van der Waals surface area contributed by atoms with Gasteiger partial charge < -0.3 is 9.47 Å². The molecule has 0 radical (unpaired) electrons. The molecule has 3 rings (SSSR count). The van der Waals surface area contributed by atoms with E-state index >= 15 is 0 Å². The number of halogens is 7. The predicted octanol–water partition coefficient (Wildman–Crippen LogP) is 8.16. The normalized spacial score (nSPS) is 13.0. The zero-order valence-corrected chi connectivity index (χ0v) is 20.5. The van der Waals surface area contributed by atoms with E-state index in [1.807, 2.05) is 6.07 Å². The lowest BCUT2D eigenvalue weighted by atomic mass is 9.88. The molecular formula is C24H14Cl4F3NO3. The van der Waals surface area contributed by atoms with E-state index in [4.69, 9.17) is 55.9 Å². The largest absolute Gasteiger partial charge is 0.492 e. The Bertz CT molecular complexity index is 1290. The van der Waals surface area contributed by atoms with Crippen LogP contribution in [0.4, 0.5) is 13.2 Å². The number of ether oxygens (including phenoxy) is 2. The smallest absolute Gasteiger partial charge is 0.416 e. The van der Waals surface area contributed by atoms with Crippen LogP contribution in [0.5, 0.6) is 11.5 Å². The van der Waals surface area contributed by atoms with Crippen LogP contribution in [0.2, 0.25) is 20.1 Å². The van der Waals surface area contributed by atoms with Gasteiger partial charge in [0.25, 0.3) is 5.60 Å². The molecule has 0 aliphatic carbocycles. The van der Waals surface area contributed by atoms with Gasteiger partial charge in [-0.2, -0.15) is 18.4 Å². The van der Waals surface area contributed by atoms with E-state index in [-0.39, 0.29) is 50.2 Å². The molecule has 0 spiro atoms. The first-order valence-electron chi connectivity index (χ1n) is 9.81. The SMILES string of the molecule is N#CC(Oc1ccccc1Cl)(C(=O)CCOc1ccc(C(F)(F)F)cc1Cl)c1ccc(Cl)cc1Cl. The molecule has 1 atom stereocenters. The van der Waals surface area contributed by atoms with E-state index in [1.54, 1.807) is 12.1 Å². The summed E-state index contributed by atoms with van der Waals surface area (Å²) in [5.41, 5.74) is -3.14. The van der Waals surface area contributed by atoms with Gasteiger partial charge in [-0.25, -0.2) is 0 Å². The standard InChI is InChI=1S/C24H14Cl4F3NO3/c25-15-6-7-16(18(27)12-15)23(13-32,35-21-4-2-1-3-17(21)26)22(33)9-10-34-20-8-5-14(11-19(20)28)24(29,30)31/h1-8,11-12H,9-10H2. The number of hydrogen-bond donors (Lipinski definition) is 0. The second kappa shape index (κ2) is 11.0. The number of carbonyl (C=O) groups excluding carboxylic acids is 1. The van der Waals surface area contributed by atoms with E-state index in [0.717, 1.165) is 12.1 Å². The van der Waals surface area contributed by atoms with Crippen molar-refractivity contribution < 1.29 is 27.4 Å². The minimum atomic E-state index is -4.57. The Morgan fingerprint density at radius 3 is 2.20 bits per heavy atom. The number of hydrogen-bond acceptors (Lipinski definition) is 4. The van der Waals surface area contributed by atoms with Crippen LogP contribution in [0.3, 0.4) is 0 Å². The lowest BCUT2D eigenvalue weighted by molar-refractivity contribution is -0.137. The molecule has 0 aromatic heterocycles. The molecular weight excluding hydrogens is 549 g/mol. The molecule has 0 bridgehead atoms. The summed E-state index contributed by atoms with van der Waals surface area (Å²) in [6.45, 7) is -0.315. The highest BCUT2D eigenvalue weighted by atomic mass is 35.5. The minimum Gasteiger partial charge on any atom is -0.492 e. The highest BCUT2D eigenvalue weighted by molar-refractivity contribution is 6.35. The van der Waals surface area contributed by atoms with E-state index in [2.05, 4.69) is 0 Å². The number of alkyl halides is 3. The van der Waals surface area contributed by atoms with Crippen LogP contribution < -0.4 is 9.47 Å². The molecule has 35 heavy (non-hydrogen) atoms. The summed E-state index contributed by atoms with van der Waals surface area (Å²) >= 11 is 24.3. The third kappa shape index (κ3) is 6.14. The molecule has 4 nitrogen and oxygen atoms in total. The van der Waals surface area contributed by atoms with E-state index in [0.29, 0.717) is 6.07 Å². The van der Waals surface area contributed by atoms with Crippen molar-refractivity contribution >= 4 is 52.2 Å². The lowest BCUT2D eigenvalue weighted by Crippen LogP contribution is -2.41. The number of ketones is 1. The molecule has 0 fully saturated rings. The first-order valence-corrected chi connectivity index (χ1v) is 11.3. The second-order valence-electron chi connectivity index (χ2n) is 7.11. The molecule has 1 unspecified atom stereocenters. The van der Waals surface area contributed by atoms with E-state index in [9.17, 15) is 23.2 Å². The number of nitrogens with zero attached hydrogens (tertiary/aromatic N) is 1. The van der Waals surface area contributed by atoms with Gasteiger partial charge in [0, 0.05) is 17.0 Å². The second-order valence-corrected chi connectivity index (χ2v) is 8.77. The summed E-state index contributed by atoms with van der Waals surface area (Å²) in [5, 5.41) is 10.3. The van der Waals surface area contributed by atoms with E-state index in [1.165, 1.54) is 30.3 Å². The highest BCUT2D eigenvalue weighted by Gasteiger charge is 2.45. The third-order valence-electron chi connectivity index (χ3n) is 4.81. The molecule has 0 aliphatic heterocycles. The van der Waals surface area contributed by atoms with Crippen LogP contribution in [0.15, 0.2) is 60.7 Å². The maximum absolute atomic E-state index is 13.4. The Balaban J connectivity index is 1.89. The van der Waals surface area contributed by atoms with Gasteiger partial charge in [-0.15, -0.1) is 0 Å². The van der Waals surface area contributed by atoms with Crippen LogP contribution in [-0.4, -0.2) is 12.4 Å². The van der Waals surface area contributed by atoms with Crippen molar-refractivity contribution in [3.05, 3.63) is 91.9 Å². The molecule has 3 aromatic rings. The van der Waals surface area contributed by atoms with Crippen molar-refractivity contribution in [2.75, 3.05) is 6.61 Å². The summed E-state index contributed by atoms with van der Waals surface area (Å²) in [4.78, 5) is 13.4. The summed E-state index contributed by atoms with van der Waals surface area (Å²) < 4.78 is 49.8. The average molecular weight is 563 g/mol. The van der Waals surface area contributed by atoms with Gasteiger partial charge in [0.2, 0.25) is 0 Å². The van der Waals surface area contributed by atoms with Gasteiger partial charge in [-0.1, -0.05) is 64.6 Å². The highest BCUT2D eigenvalue weighted by Crippen LogP contribution is 2.39. The van der Waals surface area contributed by atoms with Crippen molar-refractivity contribution in [3.8, 4) is 17.6 Å². The number of Topliss-reactive ketones (excluding diaryl/α,β-unsaturated/α-hetero) is 1. The topological polar surface area (TPSA) is 59.3 Å². The maximum Gasteiger partial charge on any atom is 0.416 e. The number of nitriles is 1. The Hall–Kier alpha value is -2.63. The monoisotopic (exact) mass is 561 g/mol. The van der Waals surface area contributed by atoms with Crippen molar-refractivity contribution in [1.82, 2.24) is 0 Å². The van der Waals surface area contributed by atoms with Gasteiger partial charge in [0.15, 0.2) is 5.78 Å². The lowest BCUT2D eigenvalue weighted by Gasteiger charge is -2.28. The van der Waals surface area contributed by atoms with Crippen LogP contribution in [0.1, 0.15) is 17.5 Å². The van der Waals surface area contributed by atoms with Gasteiger partial charge in [0.1, 0.15) is 17.6 Å². The Morgan fingerprint density at radius 1 is 0.886 bits per heavy atom. The summed E-state index contributed by atoms with van der Waals surface area (Å²) in [5.74, 6) is -0.750. The number of para-hydroxylation sites is 1. The number of rotatable bonds is 8. The average Bonchev–Trinajstić information content (AvgIpc) is 2.79. The fraction of sp³-hybridized carbons (Fsp3) is 0.167. The molecule has 0 heterocycles. The zero-order valence-electron chi connectivity index (χ0n) is 17.5. The Morgan fingerprint density at radius 2 is 1.60 bits per heavy atom. The molecule has 3 aromatic carbocycles. The minimum absolute atomic E-state index is 0.00570. The summed E-state index contributed by atoms with van der Waals surface area (Å²) in [7, 11) is 0. The zero-order chi connectivity index (χ0) is 25.8. The molecule has 0 N–H and O–H groups in total. The molecule has 0 saturated carbocycles. The maximum atomic E-state index is 13.4. The Kier molecular flexibility index (Phi) is 8.45. The third-order valence-corrected chi connectivity index (χ3v) is 5.96. The van der Waals surface area contributed by atoms with Crippen molar-refractivity contribution in [1.29, 1.82) is 5.26 Å². The van der Waals surface area contributed by atoms with Crippen LogP contribution in [0.25, 0.3) is 0 Å². The van der Waals surface area contributed by atoms with Gasteiger partial charge in [-0.05, 0) is 42.5 Å². The first-order chi connectivity index (χ1) is 16.5. The van der Waals surface area contributed by atoms with Gasteiger partial charge >= 0.3 is 6.18 Å². The summed E-state index contributed by atoms with van der Waals surface area (Å²) in [6.07, 6.45) is -4.95. The van der Waals surface area contributed by atoms with Crippen LogP contribution in [0, 0.1) is 11.3 Å². The van der Waals surface area contributed by atoms with Gasteiger partial charge in [0.05, 0.1) is 27.2 Å². The fourth-order valence-corrected chi connectivity index (χ4v) is 4.05. The molecule has 11 heteroatoms. The predicted molar refractivity (Wildman–Crippen MR) is 127 cm³/mol. The molecule has 0 aliphatic rings. The molecule has 182 valence electrons. The van der Waals surface area contributed by atoms with Crippen molar-refractivity contribution in [2.45, 2.75) is 18.2 Å². The van der Waals surface area contributed by atoms with E-state index < -0.39 is 23.1 Å². The van der Waals surface area contributed by atoms with Crippen LogP contribution >= 0.6 is 46.4 Å². The van der Waals surface area contributed by atoms with Crippen molar-refractivity contribution in [3.63, 3.8) is 0 Å². The number of carbonyl (C=O) groups is 1. The first kappa shape index (κ1) is 27.0. The van der Waals surface area contributed by atoms with Crippen molar-refractivity contribution in [2.24, 2.45) is 0 Å². The Labute approximate surface area is 218 Å². The molecule has 0 amide bonds. The van der Waals surface area contributed by atoms with Gasteiger partial charge in [-0.3, -0.25) is 4.79 Å². The summed E-state index contributed by atoms with van der Waals surface area (Å²) in [6, 6.07) is 14.9. The molecule has 0 saturated heterocycles. The van der Waals surface area contributed by atoms with Crippen LogP contribution in [-0.2, 0) is 16.6 Å².